The van der Waals surface area contributed by atoms with Crippen LogP contribution in [0, 0.1) is 0 Å². The van der Waals surface area contributed by atoms with E-state index in [1.54, 1.807) is 14.2 Å². The largest absolute Gasteiger partial charge is 0.497 e. The minimum absolute atomic E-state index is 0.322. The third-order valence-corrected chi connectivity index (χ3v) is 5.08. The maximum Gasteiger partial charge on any atom is 0.127 e. The van der Waals surface area contributed by atoms with Crippen LogP contribution < -0.4 is 14.8 Å². The van der Waals surface area contributed by atoms with E-state index in [9.17, 15) is 0 Å². The average Bonchev–Trinajstić information content (AvgIpc) is 2.63. The second-order valence-electron chi connectivity index (χ2n) is 6.40. The van der Waals surface area contributed by atoms with Crippen LogP contribution in [0.4, 0.5) is 0 Å². The highest BCUT2D eigenvalue weighted by Crippen LogP contribution is 2.34. The molecule has 24 heavy (non-hydrogen) atoms. The zero-order valence-electron chi connectivity index (χ0n) is 15.8. The van der Waals surface area contributed by atoms with Crippen molar-refractivity contribution in [2.24, 2.45) is 0 Å². The molecule has 0 bridgehead atoms. The summed E-state index contributed by atoms with van der Waals surface area (Å²) in [6.45, 7) is 13.0. The molecule has 1 aromatic carbocycles. The number of methoxy groups -OCH3 is 2. The number of likely N-dealkylation sites (N-methyl/N-ethyl adjacent to an activating group) is 1. The van der Waals surface area contributed by atoms with Crippen molar-refractivity contribution in [2.45, 2.75) is 32.9 Å². The molecule has 2 rings (SSSR count). The molecule has 1 aliphatic heterocycles. The first-order valence-electron chi connectivity index (χ1n) is 9.05. The zero-order valence-corrected chi connectivity index (χ0v) is 15.8. The maximum absolute atomic E-state index is 5.70. The second-order valence-corrected chi connectivity index (χ2v) is 6.40. The highest BCUT2D eigenvalue weighted by Gasteiger charge is 2.30. The van der Waals surface area contributed by atoms with E-state index < -0.39 is 0 Å². The van der Waals surface area contributed by atoms with Crippen molar-refractivity contribution in [3.8, 4) is 11.5 Å². The molecule has 1 saturated heterocycles. The van der Waals surface area contributed by atoms with Crippen molar-refractivity contribution >= 4 is 0 Å². The molecular formula is C19H33N3O2. The topological polar surface area (TPSA) is 37.0 Å². The molecule has 2 unspecified atom stereocenters. The van der Waals surface area contributed by atoms with Crippen molar-refractivity contribution in [3.63, 3.8) is 0 Å². The molecule has 0 radical (unpaired) electrons. The molecule has 1 N–H and O–H groups in total. The van der Waals surface area contributed by atoms with Crippen molar-refractivity contribution in [2.75, 3.05) is 53.5 Å². The van der Waals surface area contributed by atoms with Gasteiger partial charge in [0.15, 0.2) is 0 Å². The fourth-order valence-electron chi connectivity index (χ4n) is 3.52. The summed E-state index contributed by atoms with van der Waals surface area (Å²) >= 11 is 0. The summed E-state index contributed by atoms with van der Waals surface area (Å²) in [5, 5.41) is 3.49. The Morgan fingerprint density at radius 1 is 1.25 bits per heavy atom. The summed E-state index contributed by atoms with van der Waals surface area (Å²) in [6.07, 6.45) is 0. The molecule has 0 spiro atoms. The molecule has 1 aromatic rings. The van der Waals surface area contributed by atoms with Crippen molar-refractivity contribution < 1.29 is 9.47 Å². The zero-order chi connectivity index (χ0) is 17.5. The smallest absolute Gasteiger partial charge is 0.127 e. The van der Waals surface area contributed by atoms with Crippen LogP contribution >= 0.6 is 0 Å². The Kier molecular flexibility index (Phi) is 7.34. The van der Waals surface area contributed by atoms with Crippen molar-refractivity contribution in [1.82, 2.24) is 15.1 Å². The first-order valence-corrected chi connectivity index (χ1v) is 9.05. The highest BCUT2D eigenvalue weighted by atomic mass is 16.5. The number of hydrogen-bond donors (Lipinski definition) is 1. The lowest BCUT2D eigenvalue weighted by atomic mass is 10.00. The molecule has 1 aliphatic rings. The Hall–Kier alpha value is -1.30. The monoisotopic (exact) mass is 335 g/mol. The van der Waals surface area contributed by atoms with Gasteiger partial charge in [-0.3, -0.25) is 4.90 Å². The van der Waals surface area contributed by atoms with Gasteiger partial charge in [0.1, 0.15) is 11.5 Å². The first kappa shape index (κ1) is 19.0. The van der Waals surface area contributed by atoms with Crippen LogP contribution in [0.25, 0.3) is 0 Å². The Morgan fingerprint density at radius 3 is 2.58 bits per heavy atom. The van der Waals surface area contributed by atoms with E-state index in [0.717, 1.165) is 50.8 Å². The second kappa shape index (κ2) is 9.25. The molecule has 1 heterocycles. The van der Waals surface area contributed by atoms with Gasteiger partial charge in [-0.2, -0.15) is 0 Å². The fraction of sp³-hybridized carbons (Fsp3) is 0.684. The van der Waals surface area contributed by atoms with E-state index in [1.807, 2.05) is 12.1 Å². The summed E-state index contributed by atoms with van der Waals surface area (Å²) in [7, 11) is 3.44. The maximum atomic E-state index is 5.70. The quantitative estimate of drug-likeness (QED) is 0.789. The van der Waals surface area contributed by atoms with E-state index in [-0.39, 0.29) is 0 Å². The molecular weight excluding hydrogens is 302 g/mol. The Balaban J connectivity index is 2.37. The minimum atomic E-state index is 0.322. The van der Waals surface area contributed by atoms with Crippen LogP contribution in [0.15, 0.2) is 18.2 Å². The highest BCUT2D eigenvalue weighted by molar-refractivity contribution is 5.43. The number of piperazine rings is 1. The molecule has 0 saturated carbocycles. The van der Waals surface area contributed by atoms with Crippen LogP contribution in [-0.4, -0.2) is 69.3 Å². The SMILES string of the molecule is CCN(CC)CC(c1ccc(OC)cc1OC)N1CCNCC1C. The van der Waals surface area contributed by atoms with Gasteiger partial charge in [0.05, 0.1) is 20.3 Å². The first-order chi connectivity index (χ1) is 11.6. The minimum Gasteiger partial charge on any atom is -0.497 e. The van der Waals surface area contributed by atoms with E-state index in [2.05, 4.69) is 42.0 Å². The molecule has 1 fully saturated rings. The average molecular weight is 335 g/mol. The molecule has 2 atom stereocenters. The van der Waals surface area contributed by atoms with Gasteiger partial charge in [-0.1, -0.05) is 19.9 Å². The van der Waals surface area contributed by atoms with Crippen LogP contribution in [0.5, 0.6) is 11.5 Å². The Morgan fingerprint density at radius 2 is 2.00 bits per heavy atom. The molecule has 5 heteroatoms. The standard InChI is InChI=1S/C19H33N3O2/c1-6-21(7-2)14-18(22-11-10-20-13-15(22)3)17-9-8-16(23-4)12-19(17)24-5/h8-9,12,15,18,20H,6-7,10-11,13-14H2,1-5H3. The lowest BCUT2D eigenvalue weighted by Crippen LogP contribution is -2.53. The number of hydrogen-bond acceptors (Lipinski definition) is 5. The number of nitrogens with zero attached hydrogens (tertiary/aromatic N) is 2. The summed E-state index contributed by atoms with van der Waals surface area (Å²) in [6, 6.07) is 7.03. The normalized spacial score (nSPS) is 20.2. The fourth-order valence-corrected chi connectivity index (χ4v) is 3.52. The van der Waals surface area contributed by atoms with E-state index in [4.69, 9.17) is 9.47 Å². The summed E-state index contributed by atoms with van der Waals surface area (Å²) < 4.78 is 11.1. The van der Waals surface area contributed by atoms with Gasteiger partial charge in [0.2, 0.25) is 0 Å². The van der Waals surface area contributed by atoms with E-state index >= 15 is 0 Å². The van der Waals surface area contributed by atoms with Gasteiger partial charge < -0.3 is 19.7 Å². The summed E-state index contributed by atoms with van der Waals surface area (Å²) in [4.78, 5) is 5.10. The van der Waals surface area contributed by atoms with Crippen molar-refractivity contribution in [3.05, 3.63) is 23.8 Å². The lowest BCUT2D eigenvalue weighted by molar-refractivity contribution is 0.0856. The molecule has 0 aliphatic carbocycles. The van der Waals surface area contributed by atoms with Crippen LogP contribution in [0.3, 0.4) is 0 Å². The van der Waals surface area contributed by atoms with Crippen LogP contribution in [-0.2, 0) is 0 Å². The Bertz CT molecular complexity index is 505. The third kappa shape index (κ3) is 4.41. The lowest BCUT2D eigenvalue weighted by Gasteiger charge is -2.42. The van der Waals surface area contributed by atoms with Gasteiger partial charge in [0, 0.05) is 43.9 Å². The number of nitrogens with one attached hydrogen (secondary N) is 1. The van der Waals surface area contributed by atoms with Crippen LogP contribution in [0.1, 0.15) is 32.4 Å². The molecule has 0 aromatic heterocycles. The molecule has 136 valence electrons. The predicted molar refractivity (Wildman–Crippen MR) is 99.1 cm³/mol. The van der Waals surface area contributed by atoms with Gasteiger partial charge in [-0.25, -0.2) is 0 Å². The number of benzene rings is 1. The summed E-state index contributed by atoms with van der Waals surface area (Å²) in [5.74, 6) is 1.75. The third-order valence-electron chi connectivity index (χ3n) is 5.08. The van der Waals surface area contributed by atoms with Gasteiger partial charge in [-0.15, -0.1) is 0 Å². The van der Waals surface area contributed by atoms with Gasteiger partial charge >= 0.3 is 0 Å². The molecule has 5 nitrogen and oxygen atoms in total. The number of ether oxygens (including phenoxy) is 2. The van der Waals surface area contributed by atoms with Gasteiger partial charge in [0.25, 0.3) is 0 Å². The Labute approximate surface area is 146 Å². The van der Waals surface area contributed by atoms with E-state index in [1.165, 1.54) is 5.56 Å². The van der Waals surface area contributed by atoms with Crippen LogP contribution in [0.2, 0.25) is 0 Å². The predicted octanol–water partition coefficient (Wildman–Crippen LogP) is 2.38. The molecule has 0 amide bonds. The van der Waals surface area contributed by atoms with Crippen molar-refractivity contribution in [1.29, 1.82) is 0 Å². The number of rotatable bonds is 8. The van der Waals surface area contributed by atoms with Gasteiger partial charge in [-0.05, 0) is 26.1 Å². The van der Waals surface area contributed by atoms with E-state index in [0.29, 0.717) is 12.1 Å². The summed E-state index contributed by atoms with van der Waals surface area (Å²) in [5.41, 5.74) is 1.25.